The average molecular weight is 214 g/mol. The van der Waals surface area contributed by atoms with Gasteiger partial charge in [0.05, 0.1) is 0 Å². The van der Waals surface area contributed by atoms with Crippen molar-refractivity contribution < 1.29 is 0 Å². The molecule has 0 amide bonds. The van der Waals surface area contributed by atoms with Crippen molar-refractivity contribution in [3.8, 4) is 6.07 Å². The van der Waals surface area contributed by atoms with Gasteiger partial charge in [-0.05, 0) is 12.1 Å². The van der Waals surface area contributed by atoms with Gasteiger partial charge in [-0.1, -0.05) is 6.07 Å². The molecule has 2 aromatic rings. The summed E-state index contributed by atoms with van der Waals surface area (Å²) in [6.07, 6.45) is 2.21. The van der Waals surface area contributed by atoms with Gasteiger partial charge in [0.25, 0.3) is 0 Å². The highest BCUT2D eigenvalue weighted by atomic mass is 15.2. The fraction of sp³-hybridized carbons (Fsp3) is 0.200. The molecule has 2 aromatic heterocycles. The molecule has 2 N–H and O–H groups in total. The van der Waals surface area contributed by atoms with Crippen LogP contribution >= 0.6 is 0 Å². The number of nitrogens with one attached hydrogen (secondary N) is 2. The van der Waals surface area contributed by atoms with Crippen LogP contribution in [0.4, 0.5) is 5.82 Å². The second kappa shape index (κ2) is 4.89. The van der Waals surface area contributed by atoms with Gasteiger partial charge in [0, 0.05) is 13.0 Å². The lowest BCUT2D eigenvalue weighted by molar-refractivity contribution is 0.897. The molecule has 0 fully saturated rings. The number of H-pyrrole nitrogens is 1. The van der Waals surface area contributed by atoms with Crippen LogP contribution in [0.5, 0.6) is 0 Å². The number of anilines is 1. The number of hydrogen-bond donors (Lipinski definition) is 2. The van der Waals surface area contributed by atoms with Crippen molar-refractivity contribution in [3.05, 3.63) is 36.0 Å². The lowest BCUT2D eigenvalue weighted by atomic mass is 10.3. The number of aromatic amines is 1. The van der Waals surface area contributed by atoms with Crippen molar-refractivity contribution >= 4 is 5.82 Å². The maximum absolute atomic E-state index is 8.67. The second-order valence-electron chi connectivity index (χ2n) is 3.13. The summed E-state index contributed by atoms with van der Waals surface area (Å²) in [6, 6.07) is 7.27. The molecule has 0 aromatic carbocycles. The highest BCUT2D eigenvalue weighted by Crippen LogP contribution is 2.03. The average Bonchev–Trinajstić information content (AvgIpc) is 2.82. The molecule has 0 radical (unpaired) electrons. The van der Waals surface area contributed by atoms with Crippen LogP contribution in [0.25, 0.3) is 0 Å². The van der Waals surface area contributed by atoms with E-state index in [1.165, 1.54) is 6.33 Å². The predicted octanol–water partition coefficient (Wildman–Crippen LogP) is 0.726. The number of pyridine rings is 1. The number of nitriles is 1. The van der Waals surface area contributed by atoms with Crippen molar-refractivity contribution in [2.75, 3.05) is 11.9 Å². The number of hydrogen-bond acceptors (Lipinski definition) is 5. The summed E-state index contributed by atoms with van der Waals surface area (Å²) in [6.45, 7) is 0.692. The lowest BCUT2D eigenvalue weighted by Crippen LogP contribution is -2.07. The fourth-order valence-corrected chi connectivity index (χ4v) is 1.26. The van der Waals surface area contributed by atoms with E-state index in [2.05, 4.69) is 25.5 Å². The van der Waals surface area contributed by atoms with Gasteiger partial charge in [-0.25, -0.2) is 9.97 Å². The summed E-state index contributed by atoms with van der Waals surface area (Å²) in [5, 5.41) is 18.3. The molecule has 80 valence electrons. The van der Waals surface area contributed by atoms with E-state index in [4.69, 9.17) is 5.26 Å². The van der Waals surface area contributed by atoms with Gasteiger partial charge in [-0.15, -0.1) is 0 Å². The van der Waals surface area contributed by atoms with Gasteiger partial charge in [-0.3, -0.25) is 5.10 Å². The Kier molecular flexibility index (Phi) is 3.09. The van der Waals surface area contributed by atoms with Crippen LogP contribution in [0, 0.1) is 11.3 Å². The molecular formula is C10H10N6. The molecule has 0 saturated heterocycles. The van der Waals surface area contributed by atoms with E-state index in [1.54, 1.807) is 12.1 Å². The first kappa shape index (κ1) is 10.1. The topological polar surface area (TPSA) is 90.3 Å². The van der Waals surface area contributed by atoms with E-state index >= 15 is 0 Å². The smallest absolute Gasteiger partial charge is 0.142 e. The van der Waals surface area contributed by atoms with Crippen molar-refractivity contribution in [2.24, 2.45) is 0 Å². The zero-order chi connectivity index (χ0) is 11.2. The molecule has 16 heavy (non-hydrogen) atoms. The lowest BCUT2D eigenvalue weighted by Gasteiger charge is -2.03. The summed E-state index contributed by atoms with van der Waals surface area (Å²) in [5.74, 6) is 1.52. The molecule has 6 nitrogen and oxygen atoms in total. The molecule has 0 aliphatic rings. The first-order valence-corrected chi connectivity index (χ1v) is 4.84. The largest absolute Gasteiger partial charge is 0.370 e. The van der Waals surface area contributed by atoms with E-state index in [0.717, 1.165) is 12.2 Å². The normalized spacial score (nSPS) is 9.69. The maximum Gasteiger partial charge on any atom is 0.142 e. The monoisotopic (exact) mass is 214 g/mol. The first-order valence-electron chi connectivity index (χ1n) is 4.84. The highest BCUT2D eigenvalue weighted by molar-refractivity contribution is 5.38. The third kappa shape index (κ3) is 2.54. The molecule has 2 heterocycles. The molecule has 0 aliphatic heterocycles. The van der Waals surface area contributed by atoms with Gasteiger partial charge in [0.2, 0.25) is 0 Å². The standard InChI is InChI=1S/C10H10N6/c11-6-8-2-1-3-9(15-8)12-5-4-10-13-7-14-16-10/h1-3,7H,4-5H2,(H,12,15)(H,13,14,16). The summed E-state index contributed by atoms with van der Waals surface area (Å²) < 4.78 is 0. The van der Waals surface area contributed by atoms with Gasteiger partial charge >= 0.3 is 0 Å². The van der Waals surface area contributed by atoms with Crippen molar-refractivity contribution in [1.82, 2.24) is 20.2 Å². The Morgan fingerprint density at radius 3 is 3.12 bits per heavy atom. The molecule has 0 saturated carbocycles. The van der Waals surface area contributed by atoms with Crippen molar-refractivity contribution in [1.29, 1.82) is 5.26 Å². The molecule has 0 aliphatic carbocycles. The number of rotatable bonds is 4. The summed E-state index contributed by atoms with van der Waals surface area (Å²) in [5.41, 5.74) is 0.407. The van der Waals surface area contributed by atoms with E-state index in [-0.39, 0.29) is 0 Å². The second-order valence-corrected chi connectivity index (χ2v) is 3.13. The van der Waals surface area contributed by atoms with Crippen LogP contribution in [-0.4, -0.2) is 26.7 Å². The van der Waals surface area contributed by atoms with E-state index in [0.29, 0.717) is 18.1 Å². The Morgan fingerprint density at radius 1 is 1.44 bits per heavy atom. The van der Waals surface area contributed by atoms with Crippen molar-refractivity contribution in [3.63, 3.8) is 0 Å². The Balaban J connectivity index is 1.88. The van der Waals surface area contributed by atoms with E-state index in [9.17, 15) is 0 Å². The molecule has 0 atom stereocenters. The Morgan fingerprint density at radius 2 is 2.38 bits per heavy atom. The SMILES string of the molecule is N#Cc1cccc(NCCc2ncn[nH]2)n1. The van der Waals surface area contributed by atoms with Crippen LogP contribution in [0.15, 0.2) is 24.5 Å². The van der Waals surface area contributed by atoms with E-state index in [1.807, 2.05) is 12.1 Å². The van der Waals surface area contributed by atoms with Gasteiger partial charge in [0.1, 0.15) is 29.7 Å². The first-order chi connectivity index (χ1) is 7.88. The minimum atomic E-state index is 0.407. The van der Waals surface area contributed by atoms with Gasteiger partial charge in [0.15, 0.2) is 0 Å². The van der Waals surface area contributed by atoms with E-state index < -0.39 is 0 Å². The minimum absolute atomic E-state index is 0.407. The van der Waals surface area contributed by atoms with Gasteiger partial charge < -0.3 is 5.32 Å². The Bertz CT molecular complexity index is 484. The Labute approximate surface area is 92.4 Å². The summed E-state index contributed by atoms with van der Waals surface area (Å²) in [4.78, 5) is 8.09. The number of nitrogens with zero attached hydrogens (tertiary/aromatic N) is 4. The molecule has 0 spiro atoms. The van der Waals surface area contributed by atoms with Crippen molar-refractivity contribution in [2.45, 2.75) is 6.42 Å². The molecule has 6 heteroatoms. The molecule has 0 unspecified atom stereocenters. The highest BCUT2D eigenvalue weighted by Gasteiger charge is 1.98. The molecule has 2 rings (SSSR count). The Hall–Kier alpha value is -2.42. The number of aromatic nitrogens is 4. The van der Waals surface area contributed by atoms with Crippen LogP contribution in [0.1, 0.15) is 11.5 Å². The summed E-state index contributed by atoms with van der Waals surface area (Å²) in [7, 11) is 0. The zero-order valence-corrected chi connectivity index (χ0v) is 8.51. The fourth-order valence-electron chi connectivity index (χ4n) is 1.26. The van der Waals surface area contributed by atoms with Crippen LogP contribution < -0.4 is 5.32 Å². The summed E-state index contributed by atoms with van der Waals surface area (Å²) >= 11 is 0. The van der Waals surface area contributed by atoms with Crippen LogP contribution in [-0.2, 0) is 6.42 Å². The van der Waals surface area contributed by atoms with Crippen LogP contribution in [0.3, 0.4) is 0 Å². The minimum Gasteiger partial charge on any atom is -0.370 e. The third-order valence-corrected chi connectivity index (χ3v) is 2.00. The predicted molar refractivity (Wildman–Crippen MR) is 57.5 cm³/mol. The third-order valence-electron chi connectivity index (χ3n) is 2.00. The van der Waals surface area contributed by atoms with Gasteiger partial charge in [-0.2, -0.15) is 10.4 Å². The maximum atomic E-state index is 8.67. The zero-order valence-electron chi connectivity index (χ0n) is 8.51. The molecule has 0 bridgehead atoms. The van der Waals surface area contributed by atoms with Crippen LogP contribution in [0.2, 0.25) is 0 Å². The quantitative estimate of drug-likeness (QED) is 0.782. The molecular weight excluding hydrogens is 204 g/mol.